The van der Waals surface area contributed by atoms with Gasteiger partial charge in [-0.2, -0.15) is 0 Å². The van der Waals surface area contributed by atoms with Crippen LogP contribution in [0.5, 0.6) is 0 Å². The first kappa shape index (κ1) is 14.9. The van der Waals surface area contributed by atoms with Gasteiger partial charge in [-0.25, -0.2) is 13.4 Å². The molecule has 6 nitrogen and oxygen atoms in total. The Labute approximate surface area is 119 Å². The van der Waals surface area contributed by atoms with Crippen molar-refractivity contribution < 1.29 is 13.2 Å². The van der Waals surface area contributed by atoms with Gasteiger partial charge in [-0.15, -0.1) is 0 Å². The molecule has 110 valence electrons. The molecule has 0 unspecified atom stereocenters. The number of hydrogen-bond donors (Lipinski definition) is 1. The van der Waals surface area contributed by atoms with Crippen LogP contribution in [0.2, 0.25) is 0 Å². The van der Waals surface area contributed by atoms with Crippen molar-refractivity contribution in [1.29, 1.82) is 0 Å². The lowest BCUT2D eigenvalue weighted by atomic mass is 10.2. The van der Waals surface area contributed by atoms with Crippen LogP contribution < -0.4 is 5.32 Å². The smallest absolute Gasteiger partial charge is 0.239 e. The van der Waals surface area contributed by atoms with Crippen LogP contribution in [0.25, 0.3) is 0 Å². The zero-order valence-electron chi connectivity index (χ0n) is 11.7. The average Bonchev–Trinajstić information content (AvgIpc) is 2.73. The first-order chi connectivity index (χ1) is 9.37. The third kappa shape index (κ3) is 3.77. The molecule has 1 saturated heterocycles. The van der Waals surface area contributed by atoms with E-state index in [2.05, 4.69) is 10.3 Å². The first-order valence-corrected chi connectivity index (χ1v) is 8.32. The molecule has 1 aromatic heterocycles. The second-order valence-electron chi connectivity index (χ2n) is 5.19. The highest BCUT2D eigenvalue weighted by Crippen LogP contribution is 2.16. The SMILES string of the molecule is Cc1cccnc1NC(=O)CN(C)[C@@H]1CCS(=O)(=O)C1. The molecular weight excluding hydrogens is 278 g/mol. The average molecular weight is 297 g/mol. The largest absolute Gasteiger partial charge is 0.309 e. The number of pyridine rings is 1. The summed E-state index contributed by atoms with van der Waals surface area (Å²) in [7, 11) is -1.15. The van der Waals surface area contributed by atoms with Crippen LogP contribution in [0.15, 0.2) is 18.3 Å². The Morgan fingerprint density at radius 2 is 2.30 bits per heavy atom. The van der Waals surface area contributed by atoms with Crippen LogP contribution >= 0.6 is 0 Å². The van der Waals surface area contributed by atoms with E-state index in [0.29, 0.717) is 12.2 Å². The quantitative estimate of drug-likeness (QED) is 0.873. The molecule has 20 heavy (non-hydrogen) atoms. The van der Waals surface area contributed by atoms with E-state index in [1.807, 2.05) is 13.0 Å². The fourth-order valence-electron chi connectivity index (χ4n) is 2.27. The van der Waals surface area contributed by atoms with E-state index < -0.39 is 9.84 Å². The van der Waals surface area contributed by atoms with Crippen molar-refractivity contribution in [2.75, 3.05) is 30.4 Å². The minimum absolute atomic E-state index is 0.0735. The summed E-state index contributed by atoms with van der Waals surface area (Å²) in [6, 6.07) is 3.60. The molecule has 1 atom stereocenters. The number of aromatic nitrogens is 1. The van der Waals surface area contributed by atoms with Crippen LogP contribution in [0.3, 0.4) is 0 Å². The molecule has 7 heteroatoms. The molecule has 2 heterocycles. The van der Waals surface area contributed by atoms with Crippen LogP contribution in [-0.2, 0) is 14.6 Å². The third-order valence-corrected chi connectivity index (χ3v) is 5.24. The van der Waals surface area contributed by atoms with E-state index in [-0.39, 0.29) is 30.0 Å². The number of nitrogens with zero attached hydrogens (tertiary/aromatic N) is 2. The lowest BCUT2D eigenvalue weighted by Crippen LogP contribution is -2.38. The maximum atomic E-state index is 12.0. The molecule has 0 radical (unpaired) electrons. The Morgan fingerprint density at radius 1 is 1.55 bits per heavy atom. The molecule has 0 aliphatic carbocycles. The minimum Gasteiger partial charge on any atom is -0.309 e. The number of anilines is 1. The molecule has 1 aliphatic heterocycles. The molecular formula is C13H19N3O3S. The van der Waals surface area contributed by atoms with E-state index >= 15 is 0 Å². The van der Waals surface area contributed by atoms with Crippen molar-refractivity contribution in [2.45, 2.75) is 19.4 Å². The summed E-state index contributed by atoms with van der Waals surface area (Å²) in [6.07, 6.45) is 2.21. The Kier molecular flexibility index (Phi) is 4.39. The maximum absolute atomic E-state index is 12.0. The number of rotatable bonds is 4. The van der Waals surface area contributed by atoms with Gasteiger partial charge in [0.05, 0.1) is 18.1 Å². The van der Waals surface area contributed by atoms with Crippen molar-refractivity contribution >= 4 is 21.6 Å². The van der Waals surface area contributed by atoms with Crippen molar-refractivity contribution in [3.05, 3.63) is 23.9 Å². The number of hydrogen-bond acceptors (Lipinski definition) is 5. The van der Waals surface area contributed by atoms with Crippen LogP contribution in [0.1, 0.15) is 12.0 Å². The summed E-state index contributed by atoms with van der Waals surface area (Å²) in [4.78, 5) is 17.8. The molecule has 0 spiro atoms. The standard InChI is InChI=1S/C13H19N3O3S/c1-10-4-3-6-14-13(10)15-12(17)8-16(2)11-5-7-20(18,19)9-11/h3-4,6,11H,5,7-9H2,1-2H3,(H,14,15,17)/t11-/m1/s1. The Hall–Kier alpha value is -1.47. The zero-order chi connectivity index (χ0) is 14.8. The summed E-state index contributed by atoms with van der Waals surface area (Å²) in [5.74, 6) is 0.714. The predicted molar refractivity (Wildman–Crippen MR) is 77.3 cm³/mol. The molecule has 2 rings (SSSR count). The third-order valence-electron chi connectivity index (χ3n) is 3.49. The highest BCUT2D eigenvalue weighted by molar-refractivity contribution is 7.91. The van der Waals surface area contributed by atoms with E-state index in [4.69, 9.17) is 0 Å². The number of sulfone groups is 1. The van der Waals surface area contributed by atoms with Crippen molar-refractivity contribution in [2.24, 2.45) is 0 Å². The lowest BCUT2D eigenvalue weighted by molar-refractivity contribution is -0.117. The Balaban J connectivity index is 1.90. The summed E-state index contributed by atoms with van der Waals surface area (Å²) in [6.45, 7) is 2.03. The molecule has 0 bridgehead atoms. The van der Waals surface area contributed by atoms with E-state index in [1.54, 1.807) is 24.2 Å². The second kappa shape index (κ2) is 5.88. The van der Waals surface area contributed by atoms with E-state index in [1.165, 1.54) is 0 Å². The van der Waals surface area contributed by atoms with Gasteiger partial charge in [0, 0.05) is 12.2 Å². The van der Waals surface area contributed by atoms with Gasteiger partial charge >= 0.3 is 0 Å². The molecule has 0 aromatic carbocycles. The van der Waals surface area contributed by atoms with Gasteiger partial charge in [-0.3, -0.25) is 9.69 Å². The normalized spacial score (nSPS) is 21.1. The van der Waals surface area contributed by atoms with Crippen molar-refractivity contribution in [3.8, 4) is 0 Å². The number of nitrogens with one attached hydrogen (secondary N) is 1. The maximum Gasteiger partial charge on any atom is 0.239 e. The van der Waals surface area contributed by atoms with Gasteiger partial charge in [-0.1, -0.05) is 6.07 Å². The lowest BCUT2D eigenvalue weighted by Gasteiger charge is -2.22. The second-order valence-corrected chi connectivity index (χ2v) is 7.42. The van der Waals surface area contributed by atoms with Crippen LogP contribution in [0.4, 0.5) is 5.82 Å². The minimum atomic E-state index is -2.93. The van der Waals surface area contributed by atoms with Crippen LogP contribution in [-0.4, -0.2) is 55.3 Å². The van der Waals surface area contributed by atoms with Gasteiger partial charge in [0.25, 0.3) is 0 Å². The monoisotopic (exact) mass is 297 g/mol. The number of amides is 1. The topological polar surface area (TPSA) is 79.4 Å². The molecule has 1 aromatic rings. The zero-order valence-corrected chi connectivity index (χ0v) is 12.5. The Bertz CT molecular complexity index is 601. The highest BCUT2D eigenvalue weighted by atomic mass is 32.2. The summed E-state index contributed by atoms with van der Waals surface area (Å²) in [5.41, 5.74) is 0.895. The van der Waals surface area contributed by atoms with Crippen LogP contribution in [0, 0.1) is 6.92 Å². The van der Waals surface area contributed by atoms with E-state index in [9.17, 15) is 13.2 Å². The highest BCUT2D eigenvalue weighted by Gasteiger charge is 2.31. The van der Waals surface area contributed by atoms with Gasteiger partial charge in [-0.05, 0) is 32.0 Å². The number of carbonyl (C=O) groups is 1. The number of aryl methyl sites for hydroxylation is 1. The fourth-order valence-corrected chi connectivity index (χ4v) is 4.07. The molecule has 1 fully saturated rings. The predicted octanol–water partition coefficient (Wildman–Crippen LogP) is 0.447. The van der Waals surface area contributed by atoms with E-state index in [0.717, 1.165) is 5.56 Å². The summed E-state index contributed by atoms with van der Waals surface area (Å²) >= 11 is 0. The van der Waals surface area contributed by atoms with Crippen molar-refractivity contribution in [3.63, 3.8) is 0 Å². The first-order valence-electron chi connectivity index (χ1n) is 6.49. The fraction of sp³-hybridized carbons (Fsp3) is 0.538. The summed E-state index contributed by atoms with van der Waals surface area (Å²) < 4.78 is 22.9. The van der Waals surface area contributed by atoms with Gasteiger partial charge in [0.1, 0.15) is 5.82 Å². The number of likely N-dealkylation sites (N-methyl/N-ethyl adjacent to an activating group) is 1. The Morgan fingerprint density at radius 3 is 2.90 bits per heavy atom. The summed E-state index contributed by atoms with van der Waals surface area (Å²) in [5, 5.41) is 2.74. The number of carbonyl (C=O) groups excluding carboxylic acids is 1. The van der Waals surface area contributed by atoms with Gasteiger partial charge < -0.3 is 5.32 Å². The molecule has 1 amide bonds. The molecule has 1 N–H and O–H groups in total. The molecule has 0 saturated carbocycles. The van der Waals surface area contributed by atoms with Crippen molar-refractivity contribution in [1.82, 2.24) is 9.88 Å². The van der Waals surface area contributed by atoms with Gasteiger partial charge in [0.15, 0.2) is 9.84 Å². The van der Waals surface area contributed by atoms with Gasteiger partial charge in [0.2, 0.25) is 5.91 Å². The molecule has 1 aliphatic rings.